The van der Waals surface area contributed by atoms with Crippen LogP contribution in [0.15, 0.2) is 23.0 Å². The van der Waals surface area contributed by atoms with Gasteiger partial charge in [-0.25, -0.2) is 0 Å². The number of rotatable bonds is 5. The Bertz CT molecular complexity index is 439. The zero-order valence-electron chi connectivity index (χ0n) is 11.9. The molecule has 0 aromatic rings. The molecule has 1 unspecified atom stereocenters. The second-order valence-corrected chi connectivity index (χ2v) is 5.71. The van der Waals surface area contributed by atoms with Gasteiger partial charge in [-0.2, -0.15) is 0 Å². The summed E-state index contributed by atoms with van der Waals surface area (Å²) in [6.45, 7) is 7.53. The fourth-order valence-corrected chi connectivity index (χ4v) is 2.15. The maximum Gasteiger partial charge on any atom is 0.199 e. The van der Waals surface area contributed by atoms with Crippen LogP contribution in [0.2, 0.25) is 0 Å². The van der Waals surface area contributed by atoms with E-state index in [4.69, 9.17) is 0 Å². The van der Waals surface area contributed by atoms with Crippen molar-refractivity contribution in [1.29, 1.82) is 0 Å². The zero-order chi connectivity index (χ0) is 14.7. The Balaban J connectivity index is 2.99. The van der Waals surface area contributed by atoms with E-state index in [-0.39, 0.29) is 29.5 Å². The molecule has 1 aliphatic rings. The van der Waals surface area contributed by atoms with Gasteiger partial charge in [-0.1, -0.05) is 25.5 Å². The van der Waals surface area contributed by atoms with Crippen LogP contribution in [0.1, 0.15) is 40.5 Å². The van der Waals surface area contributed by atoms with Gasteiger partial charge in [0.2, 0.25) is 0 Å². The van der Waals surface area contributed by atoms with Crippen LogP contribution in [0.3, 0.4) is 0 Å². The molecule has 19 heavy (non-hydrogen) atoms. The number of hydrogen-bond acceptors (Lipinski definition) is 4. The molecule has 4 heteroatoms. The minimum atomic E-state index is -1.30. The Hall–Kier alpha value is -1.42. The van der Waals surface area contributed by atoms with E-state index >= 15 is 0 Å². The summed E-state index contributed by atoms with van der Waals surface area (Å²) in [5.41, 5.74) is 0.836. The molecule has 1 aliphatic carbocycles. The minimum absolute atomic E-state index is 0.106. The van der Waals surface area contributed by atoms with Crippen LogP contribution in [0.25, 0.3) is 0 Å². The van der Waals surface area contributed by atoms with E-state index in [2.05, 4.69) is 0 Å². The first-order valence-electron chi connectivity index (χ1n) is 6.57. The first kappa shape index (κ1) is 15.6. The predicted molar refractivity (Wildman–Crippen MR) is 72.7 cm³/mol. The van der Waals surface area contributed by atoms with Crippen molar-refractivity contribution in [3.05, 3.63) is 23.0 Å². The van der Waals surface area contributed by atoms with Gasteiger partial charge in [0.1, 0.15) is 17.4 Å². The summed E-state index contributed by atoms with van der Waals surface area (Å²) in [6.07, 6.45) is 1.10. The van der Waals surface area contributed by atoms with Crippen molar-refractivity contribution in [2.45, 2.75) is 46.6 Å². The Kier molecular flexibility index (Phi) is 5.06. The molecule has 0 bridgehead atoms. The number of hydrogen-bond donors (Lipinski definition) is 2. The molecule has 2 N–H and O–H groups in total. The molecular weight excluding hydrogens is 244 g/mol. The lowest BCUT2D eigenvalue weighted by molar-refractivity contribution is -0.126. The van der Waals surface area contributed by atoms with Crippen molar-refractivity contribution in [2.75, 3.05) is 0 Å². The lowest BCUT2D eigenvalue weighted by Crippen LogP contribution is -2.25. The Morgan fingerprint density at radius 2 is 1.95 bits per heavy atom. The van der Waals surface area contributed by atoms with Crippen LogP contribution in [-0.2, 0) is 9.59 Å². The second kappa shape index (κ2) is 6.15. The van der Waals surface area contributed by atoms with Gasteiger partial charge < -0.3 is 10.2 Å². The molecule has 0 heterocycles. The molecular formula is C15H22O4. The third-order valence-corrected chi connectivity index (χ3v) is 3.16. The normalized spacial score (nSPS) is 23.2. The van der Waals surface area contributed by atoms with Crippen molar-refractivity contribution in [3.63, 3.8) is 0 Å². The summed E-state index contributed by atoms with van der Waals surface area (Å²) in [5, 5.41) is 19.9. The molecule has 106 valence electrons. The predicted octanol–water partition coefficient (Wildman–Crippen LogP) is 2.33. The highest BCUT2D eigenvalue weighted by Crippen LogP contribution is 2.32. The molecule has 0 spiro atoms. The van der Waals surface area contributed by atoms with E-state index in [9.17, 15) is 19.8 Å². The molecule has 0 amide bonds. The monoisotopic (exact) mass is 266 g/mol. The molecule has 4 nitrogen and oxygen atoms in total. The number of carbonyl (C=O) groups is 2. The lowest BCUT2D eigenvalue weighted by atomic mass is 9.99. The van der Waals surface area contributed by atoms with Gasteiger partial charge in [-0.3, -0.25) is 9.59 Å². The lowest BCUT2D eigenvalue weighted by Gasteiger charge is -2.11. The third kappa shape index (κ3) is 3.53. The number of allylic oxidation sites excluding steroid dienone is 2. The summed E-state index contributed by atoms with van der Waals surface area (Å²) < 4.78 is 0. The summed E-state index contributed by atoms with van der Waals surface area (Å²) in [7, 11) is 0. The zero-order valence-corrected chi connectivity index (χ0v) is 11.9. The average Bonchev–Trinajstić information content (AvgIpc) is 2.47. The fourth-order valence-electron chi connectivity index (χ4n) is 2.15. The average molecular weight is 266 g/mol. The Labute approximate surface area is 113 Å². The molecule has 0 aromatic carbocycles. The number of Topliss-reactive ketones (excluding diaryl/α,β-unsaturated/α-hetero) is 2. The van der Waals surface area contributed by atoms with Crippen LogP contribution >= 0.6 is 0 Å². The second-order valence-electron chi connectivity index (χ2n) is 5.71. The van der Waals surface area contributed by atoms with Crippen LogP contribution in [0.5, 0.6) is 0 Å². The number of aliphatic hydroxyl groups is 2. The van der Waals surface area contributed by atoms with E-state index in [1.165, 1.54) is 0 Å². The molecule has 0 saturated heterocycles. The van der Waals surface area contributed by atoms with Gasteiger partial charge in [-0.15, -0.1) is 0 Å². The molecule has 0 aliphatic heterocycles. The van der Waals surface area contributed by atoms with Crippen LogP contribution in [0.4, 0.5) is 0 Å². The van der Waals surface area contributed by atoms with E-state index < -0.39 is 17.8 Å². The molecule has 1 rings (SSSR count). The van der Waals surface area contributed by atoms with Gasteiger partial charge in [0.05, 0.1) is 5.92 Å². The van der Waals surface area contributed by atoms with E-state index in [1.54, 1.807) is 0 Å². The van der Waals surface area contributed by atoms with E-state index in [0.717, 1.165) is 5.57 Å². The summed E-state index contributed by atoms with van der Waals surface area (Å²) in [6, 6.07) is 0. The Morgan fingerprint density at radius 3 is 2.42 bits per heavy atom. The first-order valence-corrected chi connectivity index (χ1v) is 6.57. The van der Waals surface area contributed by atoms with Crippen LogP contribution in [-0.4, -0.2) is 27.9 Å². The fraction of sp³-hybridized carbons (Fsp3) is 0.600. The topological polar surface area (TPSA) is 74.6 Å². The molecule has 0 saturated carbocycles. The highest BCUT2D eigenvalue weighted by Gasteiger charge is 2.43. The van der Waals surface area contributed by atoms with Gasteiger partial charge >= 0.3 is 0 Å². The summed E-state index contributed by atoms with van der Waals surface area (Å²) in [5.74, 6) is -1.85. The van der Waals surface area contributed by atoms with E-state index in [1.807, 2.05) is 33.8 Å². The molecule has 2 atom stereocenters. The standard InChI is InChI=1S/C15H22O4/c1-8(2)5-6-10-13(17)12(15(19)14(10)18)11(16)7-9(3)4/h5,9-10,14,17-18H,6-7H2,1-4H3/t10?,14-/m1/s1. The first-order chi connectivity index (χ1) is 8.75. The molecule has 0 radical (unpaired) electrons. The maximum atomic E-state index is 11.9. The van der Waals surface area contributed by atoms with Gasteiger partial charge in [-0.05, 0) is 26.2 Å². The Morgan fingerprint density at radius 1 is 1.37 bits per heavy atom. The summed E-state index contributed by atoms with van der Waals surface area (Å²) >= 11 is 0. The van der Waals surface area contributed by atoms with Gasteiger partial charge in [0, 0.05) is 6.42 Å². The smallest absolute Gasteiger partial charge is 0.199 e. The minimum Gasteiger partial charge on any atom is -0.511 e. The third-order valence-electron chi connectivity index (χ3n) is 3.16. The molecule has 0 fully saturated rings. The SMILES string of the molecule is CC(C)=CCC1C(O)=C(C(=O)CC(C)C)C(=O)[C@@H]1O. The number of carbonyl (C=O) groups excluding carboxylic acids is 2. The quantitative estimate of drug-likeness (QED) is 0.591. The van der Waals surface area contributed by atoms with Crippen molar-refractivity contribution in [3.8, 4) is 0 Å². The van der Waals surface area contributed by atoms with Crippen molar-refractivity contribution >= 4 is 11.6 Å². The van der Waals surface area contributed by atoms with Gasteiger partial charge in [0.15, 0.2) is 11.6 Å². The van der Waals surface area contributed by atoms with Gasteiger partial charge in [0.25, 0.3) is 0 Å². The number of aliphatic hydroxyl groups excluding tert-OH is 2. The largest absolute Gasteiger partial charge is 0.511 e. The van der Waals surface area contributed by atoms with Crippen LogP contribution in [0, 0.1) is 11.8 Å². The van der Waals surface area contributed by atoms with Crippen molar-refractivity contribution in [2.24, 2.45) is 11.8 Å². The highest BCUT2D eigenvalue weighted by molar-refractivity contribution is 6.23. The number of ketones is 2. The van der Waals surface area contributed by atoms with Crippen LogP contribution < -0.4 is 0 Å². The summed E-state index contributed by atoms with van der Waals surface area (Å²) in [4.78, 5) is 23.8. The molecule has 0 aromatic heterocycles. The van der Waals surface area contributed by atoms with Crippen molar-refractivity contribution < 1.29 is 19.8 Å². The highest BCUT2D eigenvalue weighted by atomic mass is 16.3. The maximum absolute atomic E-state index is 11.9. The van der Waals surface area contributed by atoms with Crippen molar-refractivity contribution in [1.82, 2.24) is 0 Å². The van der Waals surface area contributed by atoms with E-state index in [0.29, 0.717) is 6.42 Å².